The van der Waals surface area contributed by atoms with Crippen molar-refractivity contribution in [2.75, 3.05) is 11.5 Å². The second-order valence-electron chi connectivity index (χ2n) is 8.27. The summed E-state index contributed by atoms with van der Waals surface area (Å²) in [7, 11) is 0. The molecule has 0 saturated carbocycles. The fourth-order valence-electron chi connectivity index (χ4n) is 4.05. The van der Waals surface area contributed by atoms with E-state index in [-0.39, 0.29) is 11.3 Å². The zero-order valence-electron chi connectivity index (χ0n) is 19.2. The van der Waals surface area contributed by atoms with Crippen molar-refractivity contribution < 1.29 is 19.4 Å². The van der Waals surface area contributed by atoms with Crippen LogP contribution < -0.4 is 9.64 Å². The number of anilines is 1. The number of aromatic nitrogens is 1. The number of nitrogens with zero attached hydrogens (tertiary/aromatic N) is 2. The second-order valence-corrected chi connectivity index (χ2v) is 8.68. The summed E-state index contributed by atoms with van der Waals surface area (Å²) in [4.78, 5) is 32.0. The van der Waals surface area contributed by atoms with Crippen molar-refractivity contribution in [1.29, 1.82) is 0 Å². The third kappa shape index (κ3) is 4.29. The van der Waals surface area contributed by atoms with E-state index in [1.54, 1.807) is 42.7 Å². The van der Waals surface area contributed by atoms with Gasteiger partial charge < -0.3 is 9.84 Å². The molecule has 2 heterocycles. The smallest absolute Gasteiger partial charge is 0.300 e. The van der Waals surface area contributed by atoms with Crippen molar-refractivity contribution in [3.8, 4) is 5.75 Å². The van der Waals surface area contributed by atoms with Gasteiger partial charge in [-0.1, -0.05) is 37.6 Å². The van der Waals surface area contributed by atoms with Crippen LogP contribution in [-0.2, 0) is 9.59 Å². The van der Waals surface area contributed by atoms with Crippen molar-refractivity contribution in [3.63, 3.8) is 0 Å². The number of aliphatic hydroxyl groups is 1. The molecule has 1 saturated heterocycles. The SMILES string of the molecule is CCOc1cc(/C(O)=C2/C(=O)C(=O)N(c3ccc(C(C)C)cc3)C2c2ccncc2)ccc1Cl. The van der Waals surface area contributed by atoms with Crippen LogP contribution in [0.1, 0.15) is 49.4 Å². The van der Waals surface area contributed by atoms with E-state index in [2.05, 4.69) is 18.8 Å². The van der Waals surface area contributed by atoms with Crippen molar-refractivity contribution in [2.45, 2.75) is 32.7 Å². The minimum absolute atomic E-state index is 0.00564. The minimum Gasteiger partial charge on any atom is -0.507 e. The number of aliphatic hydroxyl groups excluding tert-OH is 1. The van der Waals surface area contributed by atoms with E-state index in [0.717, 1.165) is 5.56 Å². The third-order valence-electron chi connectivity index (χ3n) is 5.81. The van der Waals surface area contributed by atoms with Gasteiger partial charge in [0, 0.05) is 23.6 Å². The third-order valence-corrected chi connectivity index (χ3v) is 6.12. The zero-order valence-corrected chi connectivity index (χ0v) is 19.9. The van der Waals surface area contributed by atoms with Gasteiger partial charge in [0.2, 0.25) is 0 Å². The van der Waals surface area contributed by atoms with Gasteiger partial charge in [-0.15, -0.1) is 0 Å². The van der Waals surface area contributed by atoms with Gasteiger partial charge in [-0.2, -0.15) is 0 Å². The van der Waals surface area contributed by atoms with Crippen LogP contribution in [-0.4, -0.2) is 28.4 Å². The molecule has 3 aromatic rings. The molecule has 1 N–H and O–H groups in total. The van der Waals surface area contributed by atoms with Gasteiger partial charge in [0.1, 0.15) is 11.5 Å². The lowest BCUT2D eigenvalue weighted by Crippen LogP contribution is -2.29. The summed E-state index contributed by atoms with van der Waals surface area (Å²) in [6.07, 6.45) is 3.18. The first kappa shape index (κ1) is 23.5. The summed E-state index contributed by atoms with van der Waals surface area (Å²) in [6.45, 7) is 6.38. The molecular formula is C27H25ClN2O4. The molecule has 7 heteroatoms. The molecule has 1 aliphatic rings. The number of rotatable bonds is 6. The van der Waals surface area contributed by atoms with E-state index in [9.17, 15) is 14.7 Å². The van der Waals surface area contributed by atoms with Gasteiger partial charge in [-0.25, -0.2) is 0 Å². The van der Waals surface area contributed by atoms with E-state index in [4.69, 9.17) is 16.3 Å². The normalized spacial score (nSPS) is 17.4. The van der Waals surface area contributed by atoms with Crippen molar-refractivity contribution >= 4 is 34.7 Å². The Labute approximate surface area is 203 Å². The molecule has 1 fully saturated rings. The molecule has 1 aliphatic heterocycles. The molecule has 6 nitrogen and oxygen atoms in total. The second kappa shape index (κ2) is 9.69. The Morgan fingerprint density at radius 2 is 1.76 bits per heavy atom. The highest BCUT2D eigenvalue weighted by Crippen LogP contribution is 2.42. The van der Waals surface area contributed by atoms with Crippen LogP contribution >= 0.6 is 11.6 Å². The number of halogens is 1. The predicted octanol–water partition coefficient (Wildman–Crippen LogP) is 5.88. The standard InChI is InChI=1S/C27H25ClN2O4/c1-4-34-22-15-19(7-10-21(22)28)25(31)23-24(18-11-13-29-14-12-18)30(27(33)26(23)32)20-8-5-17(6-9-20)16(2)3/h5-16,24,31H,4H2,1-3H3/b25-23-. The van der Waals surface area contributed by atoms with Gasteiger partial charge >= 0.3 is 0 Å². The van der Waals surface area contributed by atoms with E-state index < -0.39 is 17.7 Å². The maximum absolute atomic E-state index is 13.3. The number of ether oxygens (including phenoxy) is 1. The number of pyridine rings is 1. The Hall–Kier alpha value is -3.64. The molecule has 0 spiro atoms. The highest BCUT2D eigenvalue weighted by atomic mass is 35.5. The molecule has 1 atom stereocenters. The van der Waals surface area contributed by atoms with E-state index in [0.29, 0.717) is 40.1 Å². The van der Waals surface area contributed by atoms with Crippen LogP contribution in [0, 0.1) is 0 Å². The van der Waals surface area contributed by atoms with Crippen LogP contribution in [0.25, 0.3) is 5.76 Å². The van der Waals surface area contributed by atoms with E-state index in [1.807, 2.05) is 31.2 Å². The van der Waals surface area contributed by atoms with Crippen molar-refractivity contribution in [1.82, 2.24) is 4.98 Å². The molecule has 2 aromatic carbocycles. The number of hydrogen-bond donors (Lipinski definition) is 1. The first-order valence-electron chi connectivity index (χ1n) is 11.1. The maximum atomic E-state index is 13.3. The molecule has 1 aromatic heterocycles. The monoisotopic (exact) mass is 476 g/mol. The van der Waals surface area contributed by atoms with Gasteiger partial charge in [0.25, 0.3) is 11.7 Å². The molecule has 34 heavy (non-hydrogen) atoms. The van der Waals surface area contributed by atoms with Crippen LogP contribution in [0.5, 0.6) is 5.75 Å². The Bertz CT molecular complexity index is 1250. The van der Waals surface area contributed by atoms with Crippen LogP contribution in [0.15, 0.2) is 72.6 Å². The van der Waals surface area contributed by atoms with Gasteiger partial charge in [-0.05, 0) is 66.4 Å². The Morgan fingerprint density at radius 3 is 2.38 bits per heavy atom. The van der Waals surface area contributed by atoms with E-state index >= 15 is 0 Å². The van der Waals surface area contributed by atoms with Gasteiger partial charge in [-0.3, -0.25) is 19.5 Å². The Kier molecular flexibility index (Phi) is 6.70. The molecule has 174 valence electrons. The summed E-state index contributed by atoms with van der Waals surface area (Å²) < 4.78 is 5.53. The fourth-order valence-corrected chi connectivity index (χ4v) is 4.22. The Balaban J connectivity index is 1.89. The zero-order chi connectivity index (χ0) is 24.4. The number of carbonyl (C=O) groups excluding carboxylic acids is 2. The summed E-state index contributed by atoms with van der Waals surface area (Å²) in [5.74, 6) is -1.06. The van der Waals surface area contributed by atoms with Crippen LogP contribution in [0.4, 0.5) is 5.69 Å². The lowest BCUT2D eigenvalue weighted by atomic mass is 9.95. The molecule has 0 aliphatic carbocycles. The summed E-state index contributed by atoms with van der Waals surface area (Å²) in [5.41, 5.74) is 2.67. The minimum atomic E-state index is -0.820. The van der Waals surface area contributed by atoms with Gasteiger partial charge in [0.15, 0.2) is 0 Å². The highest BCUT2D eigenvalue weighted by molar-refractivity contribution is 6.51. The van der Waals surface area contributed by atoms with Crippen molar-refractivity contribution in [3.05, 3.63) is 94.3 Å². The number of hydrogen-bond acceptors (Lipinski definition) is 5. The van der Waals surface area contributed by atoms with E-state index in [1.165, 1.54) is 4.90 Å². The maximum Gasteiger partial charge on any atom is 0.300 e. The molecule has 0 bridgehead atoms. The summed E-state index contributed by atoms with van der Waals surface area (Å²) >= 11 is 6.19. The molecule has 1 unspecified atom stereocenters. The quantitative estimate of drug-likeness (QED) is 0.273. The number of carbonyl (C=O) groups is 2. The number of benzene rings is 2. The topological polar surface area (TPSA) is 79.7 Å². The molecular weight excluding hydrogens is 452 g/mol. The number of ketones is 1. The van der Waals surface area contributed by atoms with Gasteiger partial charge in [0.05, 0.1) is 23.2 Å². The van der Waals surface area contributed by atoms with Crippen LogP contribution in [0.2, 0.25) is 5.02 Å². The first-order valence-corrected chi connectivity index (χ1v) is 11.4. The summed E-state index contributed by atoms with van der Waals surface area (Å²) in [6, 6.07) is 14.9. The lowest BCUT2D eigenvalue weighted by Gasteiger charge is -2.25. The number of amides is 1. The summed E-state index contributed by atoms with van der Waals surface area (Å²) in [5, 5.41) is 11.7. The predicted molar refractivity (Wildman–Crippen MR) is 132 cm³/mol. The van der Waals surface area contributed by atoms with Crippen molar-refractivity contribution in [2.24, 2.45) is 0 Å². The average Bonchev–Trinajstić information content (AvgIpc) is 3.11. The van der Waals surface area contributed by atoms with Crippen LogP contribution in [0.3, 0.4) is 0 Å². The fraction of sp³-hybridized carbons (Fsp3) is 0.222. The average molecular weight is 477 g/mol. The first-order chi connectivity index (χ1) is 16.3. The highest BCUT2D eigenvalue weighted by Gasteiger charge is 2.47. The Morgan fingerprint density at radius 1 is 1.09 bits per heavy atom. The lowest BCUT2D eigenvalue weighted by molar-refractivity contribution is -0.132. The molecule has 1 amide bonds. The largest absolute Gasteiger partial charge is 0.507 e. The molecule has 0 radical (unpaired) electrons. The molecule has 4 rings (SSSR count). The number of Topliss-reactive ketones (excluding diaryl/α,β-unsaturated/α-hetero) is 1.